The van der Waals surface area contributed by atoms with E-state index >= 15 is 0 Å². The topological polar surface area (TPSA) is 99.5 Å². The molecule has 0 fully saturated rings. The van der Waals surface area contributed by atoms with E-state index in [-0.39, 0.29) is 17.3 Å². The van der Waals surface area contributed by atoms with Gasteiger partial charge in [-0.05, 0) is 62.4 Å². The van der Waals surface area contributed by atoms with Crippen molar-refractivity contribution in [2.75, 3.05) is 18.5 Å². The van der Waals surface area contributed by atoms with E-state index in [0.717, 1.165) is 0 Å². The van der Waals surface area contributed by atoms with Gasteiger partial charge < -0.3 is 14.8 Å². The number of benzene rings is 2. The zero-order chi connectivity index (χ0) is 23.3. The molecule has 2 aromatic carbocycles. The van der Waals surface area contributed by atoms with E-state index in [4.69, 9.17) is 21.1 Å². The fourth-order valence-electron chi connectivity index (χ4n) is 2.79. The molecule has 0 saturated heterocycles. The molecule has 0 aliphatic carbocycles. The van der Waals surface area contributed by atoms with Crippen molar-refractivity contribution in [1.29, 1.82) is 0 Å². The van der Waals surface area contributed by atoms with Crippen molar-refractivity contribution >= 4 is 35.1 Å². The van der Waals surface area contributed by atoms with Crippen LogP contribution in [0.4, 0.5) is 10.1 Å². The average molecular weight is 460 g/mol. The van der Waals surface area contributed by atoms with E-state index in [9.17, 15) is 18.8 Å². The molecule has 1 amide bonds. The number of amides is 1. The van der Waals surface area contributed by atoms with Crippen molar-refractivity contribution in [2.45, 2.75) is 13.8 Å². The van der Waals surface area contributed by atoms with Crippen LogP contribution in [0, 0.1) is 12.7 Å². The number of carbonyl (C=O) groups excluding carboxylic acids is 3. The molecule has 0 spiro atoms. The molecule has 166 valence electrons. The smallest absolute Gasteiger partial charge is 0.343 e. The Morgan fingerprint density at radius 2 is 1.69 bits per heavy atom. The lowest BCUT2D eigenvalue weighted by Gasteiger charge is -2.08. The van der Waals surface area contributed by atoms with Crippen molar-refractivity contribution in [2.24, 2.45) is 0 Å². The summed E-state index contributed by atoms with van der Waals surface area (Å²) < 4.78 is 24.4. The van der Waals surface area contributed by atoms with Gasteiger partial charge in [-0.1, -0.05) is 11.6 Å². The van der Waals surface area contributed by atoms with Gasteiger partial charge in [0.25, 0.3) is 5.91 Å². The van der Waals surface area contributed by atoms with Gasteiger partial charge in [0.05, 0.1) is 23.6 Å². The van der Waals surface area contributed by atoms with E-state index in [1.165, 1.54) is 53.2 Å². The van der Waals surface area contributed by atoms with Crippen molar-refractivity contribution in [3.8, 4) is 5.69 Å². The van der Waals surface area contributed by atoms with Gasteiger partial charge in [-0.3, -0.25) is 4.79 Å². The van der Waals surface area contributed by atoms with Crippen molar-refractivity contribution in [1.82, 2.24) is 9.78 Å². The van der Waals surface area contributed by atoms with Gasteiger partial charge in [0.2, 0.25) is 0 Å². The quantitative estimate of drug-likeness (QED) is 0.537. The minimum Gasteiger partial charge on any atom is -0.462 e. The van der Waals surface area contributed by atoms with Crippen LogP contribution in [0.2, 0.25) is 5.15 Å². The minimum atomic E-state index is -0.825. The number of rotatable bonds is 7. The molecule has 1 N–H and O–H groups in total. The van der Waals surface area contributed by atoms with Gasteiger partial charge in [-0.2, -0.15) is 5.10 Å². The lowest BCUT2D eigenvalue weighted by atomic mass is 10.2. The molecule has 0 unspecified atom stereocenters. The maximum absolute atomic E-state index is 13.1. The Morgan fingerprint density at radius 1 is 1.03 bits per heavy atom. The number of hydrogen-bond donors (Lipinski definition) is 1. The van der Waals surface area contributed by atoms with E-state index in [2.05, 4.69) is 10.4 Å². The number of carbonyl (C=O) groups is 3. The maximum Gasteiger partial charge on any atom is 0.343 e. The van der Waals surface area contributed by atoms with Crippen LogP contribution in [0.5, 0.6) is 0 Å². The third kappa shape index (κ3) is 5.30. The van der Waals surface area contributed by atoms with E-state index in [1.807, 2.05) is 0 Å². The second kappa shape index (κ2) is 10.1. The first-order valence-corrected chi connectivity index (χ1v) is 9.93. The van der Waals surface area contributed by atoms with Crippen LogP contribution in [-0.2, 0) is 14.3 Å². The summed E-state index contributed by atoms with van der Waals surface area (Å²) in [5.74, 6) is -2.29. The standard InChI is InChI=1S/C22H19ClFN3O5/c1-3-31-21(29)14-4-8-16(9-5-14)25-18(28)12-32-22(30)19-13(2)26-27(20(19)23)17-10-6-15(24)7-11-17/h4-11H,3,12H2,1-2H3,(H,25,28). The number of ether oxygens (including phenoxy) is 2. The Balaban J connectivity index is 1.61. The fourth-order valence-corrected chi connectivity index (χ4v) is 3.14. The maximum atomic E-state index is 13.1. The Labute approximate surface area is 187 Å². The number of halogens is 2. The Kier molecular flexibility index (Phi) is 7.21. The van der Waals surface area contributed by atoms with Crippen molar-refractivity contribution < 1.29 is 28.2 Å². The second-order valence-corrected chi connectivity index (χ2v) is 6.92. The molecule has 10 heteroatoms. The molecule has 3 rings (SSSR count). The summed E-state index contributed by atoms with van der Waals surface area (Å²) in [5.41, 5.74) is 1.52. The largest absolute Gasteiger partial charge is 0.462 e. The van der Waals surface area contributed by atoms with Crippen LogP contribution >= 0.6 is 11.6 Å². The van der Waals surface area contributed by atoms with Gasteiger partial charge in [-0.25, -0.2) is 18.7 Å². The van der Waals surface area contributed by atoms with Crippen LogP contribution in [0.1, 0.15) is 33.3 Å². The third-order valence-electron chi connectivity index (χ3n) is 4.29. The summed E-state index contributed by atoms with van der Waals surface area (Å²) in [5, 5.41) is 6.72. The van der Waals surface area contributed by atoms with E-state index in [1.54, 1.807) is 13.8 Å². The first-order valence-electron chi connectivity index (χ1n) is 9.55. The van der Waals surface area contributed by atoms with Crippen LogP contribution in [0.3, 0.4) is 0 Å². The molecular weight excluding hydrogens is 441 g/mol. The number of anilines is 1. The molecule has 3 aromatic rings. The number of esters is 2. The highest BCUT2D eigenvalue weighted by molar-refractivity contribution is 6.33. The summed E-state index contributed by atoms with van der Waals surface area (Å²) in [4.78, 5) is 36.3. The number of aryl methyl sites for hydroxylation is 1. The number of nitrogens with zero attached hydrogens (tertiary/aromatic N) is 2. The van der Waals surface area contributed by atoms with Gasteiger partial charge in [0, 0.05) is 5.69 Å². The molecule has 32 heavy (non-hydrogen) atoms. The van der Waals surface area contributed by atoms with Crippen LogP contribution in [0.25, 0.3) is 5.69 Å². The monoisotopic (exact) mass is 459 g/mol. The predicted octanol–water partition coefficient (Wildman–Crippen LogP) is 3.95. The molecular formula is C22H19ClFN3O5. The SMILES string of the molecule is CCOC(=O)c1ccc(NC(=O)COC(=O)c2c(C)nn(-c3ccc(F)cc3)c2Cl)cc1. The number of nitrogens with one attached hydrogen (secondary N) is 1. The highest BCUT2D eigenvalue weighted by Crippen LogP contribution is 2.24. The zero-order valence-electron chi connectivity index (χ0n) is 17.2. The average Bonchev–Trinajstić information content (AvgIpc) is 3.07. The molecule has 0 atom stereocenters. The van der Waals surface area contributed by atoms with Crippen molar-refractivity contribution in [3.05, 3.63) is 76.3 Å². The highest BCUT2D eigenvalue weighted by Gasteiger charge is 2.23. The Bertz CT molecular complexity index is 1140. The molecule has 0 saturated carbocycles. The normalized spacial score (nSPS) is 10.5. The molecule has 0 radical (unpaired) electrons. The highest BCUT2D eigenvalue weighted by atomic mass is 35.5. The van der Waals surface area contributed by atoms with Crippen LogP contribution < -0.4 is 5.32 Å². The molecule has 0 bridgehead atoms. The summed E-state index contributed by atoms with van der Waals surface area (Å²) in [7, 11) is 0. The lowest BCUT2D eigenvalue weighted by molar-refractivity contribution is -0.119. The molecule has 1 heterocycles. The van der Waals surface area contributed by atoms with Gasteiger partial charge in [0.15, 0.2) is 6.61 Å². The Morgan fingerprint density at radius 3 is 2.31 bits per heavy atom. The summed E-state index contributed by atoms with van der Waals surface area (Å²) >= 11 is 6.27. The zero-order valence-corrected chi connectivity index (χ0v) is 18.0. The summed E-state index contributed by atoms with van der Waals surface area (Å²) in [6, 6.07) is 11.5. The first kappa shape index (κ1) is 23.0. The van der Waals surface area contributed by atoms with Gasteiger partial charge >= 0.3 is 11.9 Å². The minimum absolute atomic E-state index is 0.00239. The molecule has 1 aromatic heterocycles. The second-order valence-electron chi connectivity index (χ2n) is 6.56. The molecule has 0 aliphatic heterocycles. The number of hydrogen-bond acceptors (Lipinski definition) is 6. The fraction of sp³-hybridized carbons (Fsp3) is 0.182. The number of aromatic nitrogens is 2. The predicted molar refractivity (Wildman–Crippen MR) is 115 cm³/mol. The van der Waals surface area contributed by atoms with Crippen LogP contribution in [0.15, 0.2) is 48.5 Å². The van der Waals surface area contributed by atoms with E-state index < -0.39 is 30.3 Å². The molecule has 0 aliphatic rings. The molecule has 8 nitrogen and oxygen atoms in total. The first-order chi connectivity index (χ1) is 15.3. The lowest BCUT2D eigenvalue weighted by Crippen LogP contribution is -2.21. The van der Waals surface area contributed by atoms with Gasteiger partial charge in [0.1, 0.15) is 16.5 Å². The third-order valence-corrected chi connectivity index (χ3v) is 4.64. The van der Waals surface area contributed by atoms with E-state index in [0.29, 0.717) is 22.6 Å². The summed E-state index contributed by atoms with van der Waals surface area (Å²) in [6.45, 7) is 2.97. The van der Waals surface area contributed by atoms with Crippen LogP contribution in [-0.4, -0.2) is 40.8 Å². The summed E-state index contributed by atoms with van der Waals surface area (Å²) in [6.07, 6.45) is 0. The Hall–Kier alpha value is -3.72. The van der Waals surface area contributed by atoms with Crippen molar-refractivity contribution in [3.63, 3.8) is 0 Å². The van der Waals surface area contributed by atoms with Gasteiger partial charge in [-0.15, -0.1) is 0 Å².